The van der Waals surface area contributed by atoms with Crippen molar-refractivity contribution in [2.75, 3.05) is 13.1 Å². The first-order valence-electron chi connectivity index (χ1n) is 11.6. The van der Waals surface area contributed by atoms with Crippen LogP contribution in [0, 0.1) is 5.92 Å². The summed E-state index contributed by atoms with van der Waals surface area (Å²) >= 11 is 0. The van der Waals surface area contributed by atoms with Crippen LogP contribution in [-0.4, -0.2) is 48.9 Å². The highest BCUT2D eigenvalue weighted by atomic mass is 35.5. The number of nitrogens with one attached hydrogen (secondary N) is 3. The minimum Gasteiger partial charge on any atom is -0.459 e. The van der Waals surface area contributed by atoms with Gasteiger partial charge in [0.2, 0.25) is 17.7 Å². The van der Waals surface area contributed by atoms with E-state index in [4.69, 9.17) is 10.5 Å². The van der Waals surface area contributed by atoms with Crippen LogP contribution >= 0.6 is 12.4 Å². The van der Waals surface area contributed by atoms with Crippen LogP contribution in [-0.2, 0) is 36.9 Å². The van der Waals surface area contributed by atoms with Crippen molar-refractivity contribution >= 4 is 36.1 Å². The summed E-state index contributed by atoms with van der Waals surface area (Å²) in [6.07, 6.45) is 0.578. The molecular formula is C26H35ClN4O5. The zero-order valence-electron chi connectivity index (χ0n) is 20.6. The molecule has 5 N–H and O–H groups in total. The Kier molecular flexibility index (Phi) is 13.8. The van der Waals surface area contributed by atoms with Gasteiger partial charge in [-0.05, 0) is 23.5 Å². The summed E-state index contributed by atoms with van der Waals surface area (Å²) in [5, 5.41) is 7.77. The largest absolute Gasteiger partial charge is 0.459 e. The highest BCUT2D eigenvalue weighted by Crippen LogP contribution is 2.10. The standard InChI is InChI=1S/C26H34N4O5.ClH/c1-18(2)13-22(26(34)35-17-20-11-7-4-8-12-20)30-25(33)21(14-19-9-5-3-6-10-19)29-24(32)16-28-23(31)15-27;/h3-12,18,21-22H,13-17,27H2,1-2H3,(H,28,31)(H,29,32)(H,30,33);1H/t21-,22-;/m0./s1. The molecule has 0 aromatic heterocycles. The predicted molar refractivity (Wildman–Crippen MR) is 139 cm³/mol. The molecule has 0 spiro atoms. The maximum absolute atomic E-state index is 13.2. The highest BCUT2D eigenvalue weighted by Gasteiger charge is 2.28. The Balaban J connectivity index is 0.00000648. The van der Waals surface area contributed by atoms with E-state index in [-0.39, 0.29) is 44.4 Å². The van der Waals surface area contributed by atoms with E-state index in [1.165, 1.54) is 0 Å². The van der Waals surface area contributed by atoms with E-state index in [9.17, 15) is 19.2 Å². The van der Waals surface area contributed by atoms with Crippen molar-refractivity contribution in [1.82, 2.24) is 16.0 Å². The molecule has 36 heavy (non-hydrogen) atoms. The Morgan fingerprint density at radius 1 is 0.833 bits per heavy atom. The lowest BCUT2D eigenvalue weighted by Crippen LogP contribution is -2.54. The van der Waals surface area contributed by atoms with E-state index in [1.807, 2.05) is 74.5 Å². The van der Waals surface area contributed by atoms with Gasteiger partial charge in [-0.15, -0.1) is 12.4 Å². The number of rotatable bonds is 13. The van der Waals surface area contributed by atoms with Crippen LogP contribution in [0.25, 0.3) is 0 Å². The lowest BCUT2D eigenvalue weighted by molar-refractivity contribution is -0.149. The van der Waals surface area contributed by atoms with Crippen molar-refractivity contribution in [1.29, 1.82) is 0 Å². The summed E-state index contributed by atoms with van der Waals surface area (Å²) in [5.41, 5.74) is 6.91. The zero-order valence-corrected chi connectivity index (χ0v) is 21.4. The van der Waals surface area contributed by atoms with Crippen molar-refractivity contribution in [3.05, 3.63) is 71.8 Å². The van der Waals surface area contributed by atoms with Gasteiger partial charge in [0.05, 0.1) is 13.1 Å². The molecule has 0 saturated carbocycles. The molecule has 2 atom stereocenters. The maximum atomic E-state index is 13.2. The van der Waals surface area contributed by atoms with Crippen molar-refractivity contribution in [2.45, 2.75) is 45.4 Å². The molecule has 0 bridgehead atoms. The van der Waals surface area contributed by atoms with Gasteiger partial charge in [0.15, 0.2) is 0 Å². The summed E-state index contributed by atoms with van der Waals surface area (Å²) in [7, 11) is 0. The van der Waals surface area contributed by atoms with Crippen LogP contribution in [0.1, 0.15) is 31.4 Å². The number of nitrogens with two attached hydrogens (primary N) is 1. The minimum absolute atomic E-state index is 0. The summed E-state index contributed by atoms with van der Waals surface area (Å²) < 4.78 is 5.45. The Labute approximate surface area is 217 Å². The Bertz CT molecular complexity index is 973. The van der Waals surface area contributed by atoms with Crippen molar-refractivity contribution < 1.29 is 23.9 Å². The van der Waals surface area contributed by atoms with Gasteiger partial charge in [-0.1, -0.05) is 74.5 Å². The van der Waals surface area contributed by atoms with Gasteiger partial charge in [-0.2, -0.15) is 0 Å². The topological polar surface area (TPSA) is 140 Å². The second-order valence-corrected chi connectivity index (χ2v) is 8.57. The predicted octanol–water partition coefficient (Wildman–Crippen LogP) is 1.48. The molecular weight excluding hydrogens is 484 g/mol. The van der Waals surface area contributed by atoms with Gasteiger partial charge in [-0.25, -0.2) is 4.79 Å². The fraction of sp³-hybridized carbons (Fsp3) is 0.385. The molecule has 0 unspecified atom stereocenters. The number of amides is 3. The quantitative estimate of drug-likeness (QED) is 0.296. The number of carbonyl (C=O) groups excluding carboxylic acids is 4. The lowest BCUT2D eigenvalue weighted by atomic mass is 10.0. The second-order valence-electron chi connectivity index (χ2n) is 8.57. The van der Waals surface area contributed by atoms with E-state index < -0.39 is 35.8 Å². The monoisotopic (exact) mass is 518 g/mol. The summed E-state index contributed by atoms with van der Waals surface area (Å²) in [6, 6.07) is 16.6. The lowest BCUT2D eigenvalue weighted by Gasteiger charge is -2.24. The first-order chi connectivity index (χ1) is 16.8. The number of hydrogen-bond acceptors (Lipinski definition) is 6. The minimum atomic E-state index is -0.962. The van der Waals surface area contributed by atoms with E-state index in [0.717, 1.165) is 11.1 Å². The van der Waals surface area contributed by atoms with Gasteiger partial charge in [-0.3, -0.25) is 14.4 Å². The number of halogens is 1. The normalized spacial score (nSPS) is 12.0. The molecule has 2 aromatic rings. The highest BCUT2D eigenvalue weighted by molar-refractivity contribution is 5.92. The van der Waals surface area contributed by atoms with Gasteiger partial charge in [0, 0.05) is 6.42 Å². The summed E-state index contributed by atoms with van der Waals surface area (Å²) in [5.74, 6) is -1.99. The van der Waals surface area contributed by atoms with E-state index in [2.05, 4.69) is 16.0 Å². The van der Waals surface area contributed by atoms with E-state index >= 15 is 0 Å². The third-order valence-corrected chi connectivity index (χ3v) is 5.10. The number of ether oxygens (including phenoxy) is 1. The van der Waals surface area contributed by atoms with Crippen LogP contribution in [0.2, 0.25) is 0 Å². The fourth-order valence-corrected chi connectivity index (χ4v) is 3.34. The number of esters is 1. The van der Waals surface area contributed by atoms with Crippen LogP contribution in [0.15, 0.2) is 60.7 Å². The molecule has 0 fully saturated rings. The summed E-state index contributed by atoms with van der Waals surface area (Å²) in [6.45, 7) is 3.40. The first kappa shape index (κ1) is 30.6. The third-order valence-electron chi connectivity index (χ3n) is 5.10. The average Bonchev–Trinajstić information content (AvgIpc) is 2.85. The second kappa shape index (κ2) is 16.3. The molecule has 0 aliphatic heterocycles. The van der Waals surface area contributed by atoms with Crippen LogP contribution in [0.4, 0.5) is 0 Å². The van der Waals surface area contributed by atoms with Crippen molar-refractivity contribution in [2.24, 2.45) is 11.7 Å². The van der Waals surface area contributed by atoms with E-state index in [0.29, 0.717) is 6.42 Å². The van der Waals surface area contributed by atoms with Crippen molar-refractivity contribution in [3.8, 4) is 0 Å². The molecule has 10 heteroatoms. The first-order valence-corrected chi connectivity index (χ1v) is 11.6. The molecule has 0 saturated heterocycles. The average molecular weight is 519 g/mol. The molecule has 9 nitrogen and oxygen atoms in total. The molecule has 3 amide bonds. The smallest absolute Gasteiger partial charge is 0.328 e. The Morgan fingerprint density at radius 2 is 1.42 bits per heavy atom. The van der Waals surface area contributed by atoms with Crippen LogP contribution in [0.5, 0.6) is 0 Å². The van der Waals surface area contributed by atoms with Crippen molar-refractivity contribution in [3.63, 3.8) is 0 Å². The van der Waals surface area contributed by atoms with E-state index in [1.54, 1.807) is 0 Å². The summed E-state index contributed by atoms with van der Waals surface area (Å²) in [4.78, 5) is 49.8. The number of hydrogen-bond donors (Lipinski definition) is 4. The van der Waals surface area contributed by atoms with Gasteiger partial charge < -0.3 is 26.4 Å². The van der Waals surface area contributed by atoms with Gasteiger partial charge in [0.1, 0.15) is 18.7 Å². The van der Waals surface area contributed by atoms with Crippen LogP contribution in [0.3, 0.4) is 0 Å². The fourth-order valence-electron chi connectivity index (χ4n) is 3.34. The third kappa shape index (κ3) is 11.3. The SMILES string of the molecule is CC(C)C[C@H](NC(=O)[C@H](Cc1ccccc1)NC(=O)CNC(=O)CN)C(=O)OCc1ccccc1.Cl. The van der Waals surface area contributed by atoms with Crippen LogP contribution < -0.4 is 21.7 Å². The molecule has 0 heterocycles. The van der Waals surface area contributed by atoms with Gasteiger partial charge in [0.25, 0.3) is 0 Å². The molecule has 0 radical (unpaired) electrons. The van der Waals surface area contributed by atoms with Gasteiger partial charge >= 0.3 is 5.97 Å². The Morgan fingerprint density at radius 3 is 1.97 bits per heavy atom. The Hall–Kier alpha value is -3.43. The molecule has 2 rings (SSSR count). The zero-order chi connectivity index (χ0) is 25.6. The number of benzene rings is 2. The number of carbonyl (C=O) groups is 4. The maximum Gasteiger partial charge on any atom is 0.328 e. The molecule has 0 aliphatic carbocycles. The molecule has 0 aliphatic rings. The molecule has 2 aromatic carbocycles. The molecule has 196 valence electrons.